The van der Waals surface area contributed by atoms with Crippen LogP contribution in [-0.4, -0.2) is 19.0 Å². The lowest BCUT2D eigenvalue weighted by atomic mass is 10.2. The van der Waals surface area contributed by atoms with Crippen LogP contribution in [0.5, 0.6) is 5.75 Å². The van der Waals surface area contributed by atoms with Gasteiger partial charge in [-0.1, -0.05) is 12.1 Å². The number of hydrogen-bond donors (Lipinski definition) is 2. The van der Waals surface area contributed by atoms with Crippen LogP contribution in [0.15, 0.2) is 41.8 Å². The molecule has 0 aliphatic carbocycles. The molecule has 0 aliphatic heterocycles. The Morgan fingerprint density at radius 3 is 2.82 bits per heavy atom. The van der Waals surface area contributed by atoms with Gasteiger partial charge >= 0.3 is 0 Å². The van der Waals surface area contributed by atoms with E-state index in [1.807, 2.05) is 29.6 Å². The molecule has 0 spiro atoms. The van der Waals surface area contributed by atoms with Crippen molar-refractivity contribution in [2.24, 2.45) is 5.73 Å². The number of unbranched alkanes of at least 4 members (excludes halogenated alkanes) is 1. The molecule has 0 saturated heterocycles. The normalized spacial score (nSPS) is 9.86. The van der Waals surface area contributed by atoms with Crippen LogP contribution >= 0.6 is 23.7 Å². The van der Waals surface area contributed by atoms with Crippen LogP contribution in [0.2, 0.25) is 0 Å². The summed E-state index contributed by atoms with van der Waals surface area (Å²) in [6.07, 6.45) is 1.82. The van der Waals surface area contributed by atoms with Crippen LogP contribution in [0, 0.1) is 0 Å². The molecule has 2 rings (SSSR count). The molecule has 6 heteroatoms. The SMILES string of the molecule is Cl.NCCCCNC(=O)c1cccc(OCc2cccs2)c1. The van der Waals surface area contributed by atoms with Crippen molar-refractivity contribution in [3.05, 3.63) is 52.2 Å². The third kappa shape index (κ3) is 6.05. The Labute approximate surface area is 141 Å². The summed E-state index contributed by atoms with van der Waals surface area (Å²) < 4.78 is 5.70. The fraction of sp³-hybridized carbons (Fsp3) is 0.312. The molecule has 0 aliphatic rings. The fourth-order valence-corrected chi connectivity index (χ4v) is 2.47. The lowest BCUT2D eigenvalue weighted by molar-refractivity contribution is 0.0952. The van der Waals surface area contributed by atoms with Gasteiger partial charge in [-0.05, 0) is 49.0 Å². The maximum absolute atomic E-state index is 12.0. The van der Waals surface area contributed by atoms with Gasteiger partial charge < -0.3 is 15.8 Å². The summed E-state index contributed by atoms with van der Waals surface area (Å²) in [5.41, 5.74) is 6.04. The largest absolute Gasteiger partial charge is 0.488 e. The molecule has 0 saturated carbocycles. The number of amides is 1. The lowest BCUT2D eigenvalue weighted by Gasteiger charge is -2.08. The molecule has 3 N–H and O–H groups in total. The number of hydrogen-bond acceptors (Lipinski definition) is 4. The summed E-state index contributed by atoms with van der Waals surface area (Å²) in [7, 11) is 0. The Morgan fingerprint density at radius 2 is 2.09 bits per heavy atom. The summed E-state index contributed by atoms with van der Waals surface area (Å²) in [6, 6.07) is 11.3. The molecule has 120 valence electrons. The first kappa shape index (κ1) is 18.5. The maximum atomic E-state index is 12.0. The summed E-state index contributed by atoms with van der Waals surface area (Å²) in [5.74, 6) is 0.631. The highest BCUT2D eigenvalue weighted by atomic mass is 35.5. The van der Waals surface area contributed by atoms with Gasteiger partial charge in [0.05, 0.1) is 0 Å². The average Bonchev–Trinajstić information content (AvgIpc) is 3.03. The number of carbonyl (C=O) groups is 1. The Hall–Kier alpha value is -1.56. The highest BCUT2D eigenvalue weighted by Gasteiger charge is 2.06. The zero-order valence-corrected chi connectivity index (χ0v) is 13.9. The molecule has 22 heavy (non-hydrogen) atoms. The van der Waals surface area contributed by atoms with E-state index >= 15 is 0 Å². The van der Waals surface area contributed by atoms with Crippen LogP contribution in [-0.2, 0) is 6.61 Å². The van der Waals surface area contributed by atoms with Crippen molar-refractivity contribution < 1.29 is 9.53 Å². The zero-order valence-electron chi connectivity index (χ0n) is 12.3. The zero-order chi connectivity index (χ0) is 14.9. The van der Waals surface area contributed by atoms with E-state index < -0.39 is 0 Å². The van der Waals surface area contributed by atoms with Gasteiger partial charge in [0.1, 0.15) is 12.4 Å². The van der Waals surface area contributed by atoms with Crippen molar-refractivity contribution in [1.82, 2.24) is 5.32 Å². The lowest BCUT2D eigenvalue weighted by Crippen LogP contribution is -2.24. The molecule has 4 nitrogen and oxygen atoms in total. The number of thiophene rings is 1. The summed E-state index contributed by atoms with van der Waals surface area (Å²) >= 11 is 1.65. The van der Waals surface area contributed by atoms with E-state index in [1.165, 1.54) is 0 Å². The van der Waals surface area contributed by atoms with E-state index in [4.69, 9.17) is 10.5 Å². The van der Waals surface area contributed by atoms with Crippen molar-refractivity contribution in [2.45, 2.75) is 19.4 Å². The number of ether oxygens (including phenoxy) is 1. The summed E-state index contributed by atoms with van der Waals surface area (Å²) in [4.78, 5) is 13.2. The first-order valence-electron chi connectivity index (χ1n) is 7.03. The number of nitrogens with two attached hydrogens (primary N) is 1. The third-order valence-electron chi connectivity index (χ3n) is 2.97. The standard InChI is InChI=1S/C16H20N2O2S.ClH/c17-8-1-2-9-18-16(19)13-5-3-6-14(11-13)20-12-15-7-4-10-21-15;/h3-7,10-11H,1-2,8-9,12,17H2,(H,18,19);1H. The van der Waals surface area contributed by atoms with Crippen molar-refractivity contribution in [3.63, 3.8) is 0 Å². The second kappa shape index (κ2) is 10.2. The fourth-order valence-electron chi connectivity index (χ4n) is 1.85. The Morgan fingerprint density at radius 1 is 1.23 bits per heavy atom. The molecule has 0 unspecified atom stereocenters. The highest BCUT2D eigenvalue weighted by Crippen LogP contribution is 2.17. The number of benzene rings is 1. The second-order valence-electron chi connectivity index (χ2n) is 4.65. The molecular weight excluding hydrogens is 320 g/mol. The van der Waals surface area contributed by atoms with E-state index in [9.17, 15) is 4.79 Å². The monoisotopic (exact) mass is 340 g/mol. The summed E-state index contributed by atoms with van der Waals surface area (Å²) in [5, 5.41) is 4.90. The molecule has 1 aromatic carbocycles. The first-order valence-corrected chi connectivity index (χ1v) is 7.91. The molecule has 1 amide bonds. The number of nitrogens with one attached hydrogen (secondary N) is 1. The molecule has 1 aromatic heterocycles. The minimum absolute atomic E-state index is 0. The van der Waals surface area contributed by atoms with Crippen molar-refractivity contribution in [3.8, 4) is 5.75 Å². The van der Waals surface area contributed by atoms with Gasteiger partial charge in [0.2, 0.25) is 0 Å². The predicted octanol–water partition coefficient (Wildman–Crippen LogP) is 3.22. The van der Waals surface area contributed by atoms with Crippen molar-refractivity contribution in [1.29, 1.82) is 0 Å². The third-order valence-corrected chi connectivity index (χ3v) is 3.82. The molecule has 1 heterocycles. The number of halogens is 1. The maximum Gasteiger partial charge on any atom is 0.251 e. The van der Waals surface area contributed by atoms with Gasteiger partial charge in [-0.25, -0.2) is 0 Å². The predicted molar refractivity (Wildman–Crippen MR) is 93.0 cm³/mol. The molecule has 0 atom stereocenters. The minimum Gasteiger partial charge on any atom is -0.488 e. The first-order chi connectivity index (χ1) is 10.3. The van der Waals surface area contributed by atoms with Gasteiger partial charge in [0, 0.05) is 17.0 Å². The number of rotatable bonds is 8. The molecule has 2 aromatic rings. The van der Waals surface area contributed by atoms with Gasteiger partial charge in [0.15, 0.2) is 0 Å². The van der Waals surface area contributed by atoms with E-state index in [-0.39, 0.29) is 18.3 Å². The number of carbonyl (C=O) groups excluding carboxylic acids is 1. The van der Waals surface area contributed by atoms with Crippen LogP contribution in [0.4, 0.5) is 0 Å². The van der Waals surface area contributed by atoms with Crippen LogP contribution in [0.3, 0.4) is 0 Å². The minimum atomic E-state index is -0.0754. The molecule has 0 fully saturated rings. The van der Waals surface area contributed by atoms with Crippen molar-refractivity contribution >= 4 is 29.7 Å². The summed E-state index contributed by atoms with van der Waals surface area (Å²) in [6.45, 7) is 1.83. The van der Waals surface area contributed by atoms with Gasteiger partial charge in [-0.3, -0.25) is 4.79 Å². The highest BCUT2D eigenvalue weighted by molar-refractivity contribution is 7.09. The van der Waals surface area contributed by atoms with E-state index in [2.05, 4.69) is 5.32 Å². The Kier molecular flexibility index (Phi) is 8.58. The van der Waals surface area contributed by atoms with E-state index in [0.29, 0.717) is 31.0 Å². The quantitative estimate of drug-likeness (QED) is 0.725. The van der Waals surface area contributed by atoms with Crippen molar-refractivity contribution in [2.75, 3.05) is 13.1 Å². The smallest absolute Gasteiger partial charge is 0.251 e. The van der Waals surface area contributed by atoms with Gasteiger partial charge in [-0.15, -0.1) is 23.7 Å². The van der Waals surface area contributed by atoms with Gasteiger partial charge in [0.25, 0.3) is 5.91 Å². The molecule has 0 radical (unpaired) electrons. The Bertz CT molecular complexity index is 561. The van der Waals surface area contributed by atoms with Gasteiger partial charge in [-0.2, -0.15) is 0 Å². The van der Waals surface area contributed by atoms with E-state index in [1.54, 1.807) is 23.5 Å². The van der Waals surface area contributed by atoms with E-state index in [0.717, 1.165) is 17.7 Å². The van der Waals surface area contributed by atoms with Crippen LogP contribution < -0.4 is 15.8 Å². The van der Waals surface area contributed by atoms with Crippen LogP contribution in [0.1, 0.15) is 28.1 Å². The second-order valence-corrected chi connectivity index (χ2v) is 5.68. The average molecular weight is 341 g/mol. The molecule has 0 bridgehead atoms. The van der Waals surface area contributed by atoms with Crippen LogP contribution in [0.25, 0.3) is 0 Å². The topological polar surface area (TPSA) is 64.3 Å². The molecular formula is C16H21ClN2O2S. The Balaban J connectivity index is 0.00000242.